The van der Waals surface area contributed by atoms with Gasteiger partial charge in [0, 0.05) is 63.1 Å². The summed E-state index contributed by atoms with van der Waals surface area (Å²) in [4.78, 5) is 14.2. The van der Waals surface area contributed by atoms with Crippen LogP contribution in [0.25, 0.3) is 0 Å². The van der Waals surface area contributed by atoms with E-state index in [0.717, 1.165) is 102 Å². The quantitative estimate of drug-likeness (QED) is 0.329. The molecule has 11 nitrogen and oxygen atoms in total. The van der Waals surface area contributed by atoms with Gasteiger partial charge in [-0.25, -0.2) is 9.71 Å². The number of nitrogens with one attached hydrogen (secondary N) is 3. The molecule has 0 radical (unpaired) electrons. The number of rotatable bonds is 11. The topological polar surface area (TPSA) is 127 Å². The van der Waals surface area contributed by atoms with E-state index in [0.29, 0.717) is 23.3 Å². The Hall–Kier alpha value is -2.06. The summed E-state index contributed by atoms with van der Waals surface area (Å²) in [5.41, 5.74) is 3.44. The molecule has 13 heteroatoms. The molecule has 1 aliphatic carbocycles. The summed E-state index contributed by atoms with van der Waals surface area (Å²) in [5, 5.41) is 7.25. The highest BCUT2D eigenvalue weighted by molar-refractivity contribution is 7.77. The van der Waals surface area contributed by atoms with E-state index in [1.165, 1.54) is 11.1 Å². The first-order valence-corrected chi connectivity index (χ1v) is 16.0. The van der Waals surface area contributed by atoms with Gasteiger partial charge in [-0.15, -0.1) is 0 Å². The molecule has 3 aliphatic rings. The molecule has 0 amide bonds. The molecule has 1 saturated carbocycles. The van der Waals surface area contributed by atoms with Gasteiger partial charge in [0.05, 0.1) is 32.2 Å². The van der Waals surface area contributed by atoms with Crippen molar-refractivity contribution in [3.8, 4) is 5.75 Å². The molecule has 3 atom stereocenters. The molecule has 1 saturated heterocycles. The predicted octanol–water partition coefficient (Wildman–Crippen LogP) is 2.97. The van der Waals surface area contributed by atoms with E-state index < -0.39 is 11.3 Å². The van der Waals surface area contributed by atoms with Gasteiger partial charge in [0.2, 0.25) is 5.95 Å². The lowest BCUT2D eigenvalue weighted by molar-refractivity contribution is 0.0335. The first-order chi connectivity index (χ1) is 20.0. The van der Waals surface area contributed by atoms with Crippen LogP contribution in [-0.2, 0) is 28.8 Å². The van der Waals surface area contributed by atoms with Crippen molar-refractivity contribution in [2.24, 2.45) is 5.92 Å². The molecular formula is C28H41ClN7O4S-. The zero-order valence-electron chi connectivity index (χ0n) is 23.7. The van der Waals surface area contributed by atoms with Crippen molar-refractivity contribution in [2.75, 3.05) is 76.8 Å². The van der Waals surface area contributed by atoms with E-state index in [4.69, 9.17) is 26.1 Å². The fraction of sp³-hybridized carbons (Fsp3) is 0.643. The number of ether oxygens (including phenoxy) is 2. The fourth-order valence-electron chi connectivity index (χ4n) is 6.04. The maximum absolute atomic E-state index is 11.0. The van der Waals surface area contributed by atoms with Crippen LogP contribution in [0.15, 0.2) is 18.3 Å². The van der Waals surface area contributed by atoms with Crippen molar-refractivity contribution < 1.29 is 18.2 Å². The second kappa shape index (κ2) is 14.9. The first kappa shape index (κ1) is 30.4. The van der Waals surface area contributed by atoms with E-state index in [1.807, 2.05) is 0 Å². The van der Waals surface area contributed by atoms with Gasteiger partial charge in [-0.05, 0) is 54.9 Å². The van der Waals surface area contributed by atoms with Gasteiger partial charge in [-0.2, -0.15) is 4.98 Å². The summed E-state index contributed by atoms with van der Waals surface area (Å²) in [6.07, 6.45) is 7.54. The van der Waals surface area contributed by atoms with Crippen molar-refractivity contribution in [3.05, 3.63) is 34.5 Å². The van der Waals surface area contributed by atoms with E-state index in [2.05, 4.69) is 42.3 Å². The zero-order valence-corrected chi connectivity index (χ0v) is 25.3. The van der Waals surface area contributed by atoms with Gasteiger partial charge in [0.1, 0.15) is 10.8 Å². The third-order valence-corrected chi connectivity index (χ3v) is 9.12. The molecule has 0 bridgehead atoms. The fourth-order valence-corrected chi connectivity index (χ4v) is 6.54. The van der Waals surface area contributed by atoms with Crippen LogP contribution in [0, 0.1) is 5.92 Å². The molecule has 5 rings (SSSR count). The highest BCUT2D eigenvalue weighted by atomic mass is 35.5. The lowest BCUT2D eigenvalue weighted by Crippen LogP contribution is -2.42. The third kappa shape index (κ3) is 8.50. The predicted molar refractivity (Wildman–Crippen MR) is 161 cm³/mol. The average molecular weight is 607 g/mol. The molecule has 2 fully saturated rings. The molecule has 0 spiro atoms. The average Bonchev–Trinajstić information content (AvgIpc) is 3.19. The normalized spacial score (nSPS) is 22.9. The van der Waals surface area contributed by atoms with Crippen LogP contribution >= 0.6 is 11.6 Å². The molecule has 1 aromatic heterocycles. The minimum atomic E-state index is -2.28. The smallest absolute Gasteiger partial charge is 0.229 e. The summed E-state index contributed by atoms with van der Waals surface area (Å²) in [6.45, 7) is 8.29. The van der Waals surface area contributed by atoms with E-state index in [1.54, 1.807) is 13.3 Å². The molecule has 41 heavy (non-hydrogen) atoms. The Morgan fingerprint density at radius 1 is 1.10 bits per heavy atom. The van der Waals surface area contributed by atoms with Crippen molar-refractivity contribution in [2.45, 2.75) is 44.6 Å². The van der Waals surface area contributed by atoms with E-state index in [9.17, 15) is 8.76 Å². The van der Waals surface area contributed by atoms with Crippen LogP contribution in [0.5, 0.6) is 5.75 Å². The van der Waals surface area contributed by atoms with Crippen molar-refractivity contribution in [3.63, 3.8) is 0 Å². The van der Waals surface area contributed by atoms with Gasteiger partial charge < -0.3 is 29.6 Å². The Labute approximate surface area is 250 Å². The molecule has 2 aliphatic heterocycles. The second-order valence-corrected chi connectivity index (χ2v) is 12.2. The van der Waals surface area contributed by atoms with Crippen molar-refractivity contribution >= 4 is 40.3 Å². The van der Waals surface area contributed by atoms with Crippen LogP contribution < -0.4 is 20.1 Å². The highest BCUT2D eigenvalue weighted by Gasteiger charge is 2.26. The Bertz CT molecular complexity index is 1190. The molecule has 2 aromatic rings. The van der Waals surface area contributed by atoms with Gasteiger partial charge in [-0.3, -0.25) is 9.11 Å². The number of methoxy groups -OCH3 is 1. The van der Waals surface area contributed by atoms with Crippen molar-refractivity contribution in [1.29, 1.82) is 0 Å². The third-order valence-electron chi connectivity index (χ3n) is 8.44. The lowest BCUT2D eigenvalue weighted by Gasteiger charge is -2.33. The van der Waals surface area contributed by atoms with Gasteiger partial charge in [-0.1, -0.05) is 24.4 Å². The van der Waals surface area contributed by atoms with Crippen LogP contribution in [0.2, 0.25) is 5.02 Å². The maximum Gasteiger partial charge on any atom is 0.229 e. The Morgan fingerprint density at radius 3 is 2.54 bits per heavy atom. The van der Waals surface area contributed by atoms with Crippen LogP contribution in [-0.4, -0.2) is 101 Å². The van der Waals surface area contributed by atoms with Crippen LogP contribution in [0.1, 0.15) is 36.8 Å². The highest BCUT2D eigenvalue weighted by Crippen LogP contribution is 2.34. The zero-order chi connectivity index (χ0) is 28.6. The number of benzene rings is 1. The molecule has 3 heterocycles. The van der Waals surface area contributed by atoms with Crippen LogP contribution in [0.3, 0.4) is 0 Å². The van der Waals surface area contributed by atoms with E-state index in [-0.39, 0.29) is 12.0 Å². The standard InChI is InChI=1S/C28H42ClN7O4S/c1-39-26-17-21-7-9-35(10-11-36-12-14-40-15-13-36)8-6-20(21)16-25(26)33-28-30-19-23(29)27(34-28)32-24-5-3-2-4-22(24)18-31-41(37)38/h16-17,19,22,24,31H,2-15,18H2,1H3,(H,37,38)(H2,30,32,33,34)/p-1/t22-,24-/m1/s1. The number of hydrogen-bond donors (Lipinski definition) is 3. The molecule has 1 unspecified atom stereocenters. The summed E-state index contributed by atoms with van der Waals surface area (Å²) >= 11 is 4.21. The summed E-state index contributed by atoms with van der Waals surface area (Å²) in [7, 11) is 1.68. The molecule has 226 valence electrons. The van der Waals surface area contributed by atoms with Gasteiger partial charge >= 0.3 is 0 Å². The number of fused-ring (bicyclic) bond motifs is 1. The number of halogens is 1. The second-order valence-electron chi connectivity index (χ2n) is 11.0. The van der Waals surface area contributed by atoms with Crippen molar-refractivity contribution in [1.82, 2.24) is 24.5 Å². The summed E-state index contributed by atoms with van der Waals surface area (Å²) < 4.78 is 35.9. The van der Waals surface area contributed by atoms with Crippen LogP contribution in [0.4, 0.5) is 17.5 Å². The van der Waals surface area contributed by atoms with E-state index >= 15 is 0 Å². The number of morpholine rings is 1. The van der Waals surface area contributed by atoms with Gasteiger partial charge in [0.15, 0.2) is 5.82 Å². The first-order valence-electron chi connectivity index (χ1n) is 14.6. The Kier molecular flexibility index (Phi) is 11.0. The van der Waals surface area contributed by atoms with Gasteiger partial charge in [0.25, 0.3) is 0 Å². The number of anilines is 3. The number of nitrogens with zero attached hydrogens (tertiary/aromatic N) is 4. The number of hydrogen-bond acceptors (Lipinski definition) is 10. The summed E-state index contributed by atoms with van der Waals surface area (Å²) in [5.74, 6) is 1.86. The minimum absolute atomic E-state index is 0.0632. The summed E-state index contributed by atoms with van der Waals surface area (Å²) in [6, 6.07) is 4.36. The SMILES string of the molecule is COc1cc2c(cc1Nc1ncc(Cl)c(N[C@@H]3CCCC[C@@H]3CNS(=O)[O-])n1)CCN(CCN1CCOCC1)CC2. The maximum atomic E-state index is 11.0. The monoisotopic (exact) mass is 606 g/mol. The number of aromatic nitrogens is 2. The molecule has 1 aromatic carbocycles. The molecule has 3 N–H and O–H groups in total. The Balaban J connectivity index is 1.25. The largest absolute Gasteiger partial charge is 0.760 e. The Morgan fingerprint density at radius 2 is 1.80 bits per heavy atom. The lowest BCUT2D eigenvalue weighted by atomic mass is 9.84. The molecular weight excluding hydrogens is 566 g/mol. The minimum Gasteiger partial charge on any atom is -0.760 e.